The Morgan fingerprint density at radius 2 is 1.84 bits per heavy atom. The van der Waals surface area contributed by atoms with Crippen molar-refractivity contribution in [2.75, 3.05) is 12.4 Å². The quantitative estimate of drug-likeness (QED) is 0.520. The summed E-state index contributed by atoms with van der Waals surface area (Å²) >= 11 is 1.23. The molecule has 1 amide bonds. The van der Waals surface area contributed by atoms with Gasteiger partial charge in [0, 0.05) is 5.69 Å². The molecule has 0 bridgehead atoms. The largest absolute Gasteiger partial charge is 0.495 e. The van der Waals surface area contributed by atoms with Gasteiger partial charge in [-0.25, -0.2) is 9.36 Å². The van der Waals surface area contributed by atoms with Gasteiger partial charge in [-0.15, -0.1) is 11.3 Å². The summed E-state index contributed by atoms with van der Waals surface area (Å²) < 4.78 is 8.12. The van der Waals surface area contributed by atoms with E-state index in [9.17, 15) is 14.4 Å². The average molecular weight is 436 g/mol. The molecule has 2 aromatic heterocycles. The first-order chi connectivity index (χ1) is 14.9. The molecule has 0 radical (unpaired) electrons. The van der Waals surface area contributed by atoms with E-state index in [2.05, 4.69) is 5.32 Å². The highest BCUT2D eigenvalue weighted by Gasteiger charge is 2.19. The maximum atomic E-state index is 13.4. The van der Waals surface area contributed by atoms with Gasteiger partial charge >= 0.3 is 5.69 Å². The normalized spacial score (nSPS) is 10.9. The Morgan fingerprint density at radius 3 is 2.61 bits per heavy atom. The molecule has 7 nitrogen and oxygen atoms in total. The predicted octanol–water partition coefficient (Wildman–Crippen LogP) is 3.48. The Balaban J connectivity index is 1.82. The first-order valence-corrected chi connectivity index (χ1v) is 10.5. The van der Waals surface area contributed by atoms with Crippen molar-refractivity contribution in [3.8, 4) is 11.4 Å². The summed E-state index contributed by atoms with van der Waals surface area (Å²) in [5.74, 6) is 0.0394. The molecule has 0 atom stereocenters. The number of hydrogen-bond acceptors (Lipinski definition) is 5. The maximum absolute atomic E-state index is 13.4. The number of carbonyl (C=O) groups excluding carboxylic acids is 1. The number of hydrogen-bond donors (Lipinski definition) is 1. The first-order valence-electron chi connectivity index (χ1n) is 9.65. The van der Waals surface area contributed by atoms with E-state index in [4.69, 9.17) is 4.74 Å². The number of benzene rings is 2. The summed E-state index contributed by atoms with van der Waals surface area (Å²) in [5.41, 5.74) is 2.43. The summed E-state index contributed by atoms with van der Waals surface area (Å²) in [6.07, 6.45) is 0. The fraction of sp³-hybridized carbons (Fsp3) is 0.174. The summed E-state index contributed by atoms with van der Waals surface area (Å²) in [6.45, 7) is 3.67. The smallest absolute Gasteiger partial charge is 0.336 e. The van der Waals surface area contributed by atoms with Crippen molar-refractivity contribution in [1.82, 2.24) is 9.13 Å². The summed E-state index contributed by atoms with van der Waals surface area (Å²) in [7, 11) is 1.48. The van der Waals surface area contributed by atoms with Crippen LogP contribution in [0.15, 0.2) is 63.5 Å². The molecule has 0 spiro atoms. The van der Waals surface area contributed by atoms with Crippen LogP contribution in [0, 0.1) is 13.8 Å². The number of aromatic nitrogens is 2. The number of nitrogens with zero attached hydrogens (tertiary/aromatic N) is 2. The summed E-state index contributed by atoms with van der Waals surface area (Å²) in [4.78, 5) is 39.3. The van der Waals surface area contributed by atoms with Crippen LogP contribution in [0.3, 0.4) is 0 Å². The molecule has 0 aliphatic carbocycles. The number of fused-ring (bicyclic) bond motifs is 1. The molecular weight excluding hydrogens is 414 g/mol. The van der Waals surface area contributed by atoms with Gasteiger partial charge in [-0.05, 0) is 54.6 Å². The third-order valence-corrected chi connectivity index (χ3v) is 6.15. The van der Waals surface area contributed by atoms with Gasteiger partial charge in [0.15, 0.2) is 0 Å². The number of anilines is 1. The van der Waals surface area contributed by atoms with E-state index >= 15 is 0 Å². The van der Waals surface area contributed by atoms with Crippen molar-refractivity contribution in [2.45, 2.75) is 20.4 Å². The number of methoxy groups -OCH3 is 1. The minimum Gasteiger partial charge on any atom is -0.495 e. The Hall–Kier alpha value is -3.65. The lowest BCUT2D eigenvalue weighted by Gasteiger charge is -2.15. The number of rotatable bonds is 5. The number of aryl methyl sites for hydroxylation is 1. The van der Waals surface area contributed by atoms with Crippen molar-refractivity contribution in [3.63, 3.8) is 0 Å². The molecule has 158 valence electrons. The SMILES string of the molecule is COc1ccccc1-n1c(=O)c2sccc2n(CC(=O)Nc2cccc(C)c2C)c1=O. The molecule has 0 saturated heterocycles. The van der Waals surface area contributed by atoms with Crippen molar-refractivity contribution in [1.29, 1.82) is 0 Å². The average Bonchev–Trinajstić information content (AvgIpc) is 3.25. The standard InChI is InChI=1S/C23H21N3O4S/c1-14-7-6-8-16(15(14)2)24-20(27)13-25-18-11-12-31-21(18)22(28)26(23(25)29)17-9-4-5-10-19(17)30-3/h4-12H,13H2,1-3H3,(H,24,27). The van der Waals surface area contributed by atoms with Crippen LogP contribution < -0.4 is 21.3 Å². The number of nitrogens with one attached hydrogen (secondary N) is 1. The fourth-order valence-electron chi connectivity index (χ4n) is 3.49. The van der Waals surface area contributed by atoms with Crippen LogP contribution >= 0.6 is 11.3 Å². The lowest BCUT2D eigenvalue weighted by atomic mass is 10.1. The van der Waals surface area contributed by atoms with Gasteiger partial charge in [-0.3, -0.25) is 14.2 Å². The van der Waals surface area contributed by atoms with Gasteiger partial charge in [0.1, 0.15) is 17.0 Å². The number of para-hydroxylation sites is 2. The molecule has 2 aromatic carbocycles. The van der Waals surface area contributed by atoms with Crippen LogP contribution in [0.5, 0.6) is 5.75 Å². The number of amides is 1. The molecule has 0 fully saturated rings. The number of thiophene rings is 1. The van der Waals surface area contributed by atoms with Crippen molar-refractivity contribution < 1.29 is 9.53 Å². The molecule has 8 heteroatoms. The molecule has 31 heavy (non-hydrogen) atoms. The molecule has 2 heterocycles. The highest BCUT2D eigenvalue weighted by atomic mass is 32.1. The second kappa shape index (κ2) is 8.23. The van der Waals surface area contributed by atoms with Crippen molar-refractivity contribution >= 4 is 33.1 Å². The zero-order chi connectivity index (χ0) is 22.1. The van der Waals surface area contributed by atoms with E-state index < -0.39 is 11.2 Å². The van der Waals surface area contributed by atoms with Crippen molar-refractivity contribution in [2.24, 2.45) is 0 Å². The second-order valence-electron chi connectivity index (χ2n) is 7.11. The van der Waals surface area contributed by atoms with E-state index in [1.807, 2.05) is 32.0 Å². The van der Waals surface area contributed by atoms with Crippen LogP contribution in [-0.4, -0.2) is 22.2 Å². The monoisotopic (exact) mass is 435 g/mol. The Bertz CT molecular complexity index is 1410. The van der Waals surface area contributed by atoms with Gasteiger partial charge in [0.05, 0.1) is 18.3 Å². The van der Waals surface area contributed by atoms with Gasteiger partial charge in [-0.2, -0.15) is 0 Å². The first kappa shape index (κ1) is 20.6. The van der Waals surface area contributed by atoms with Gasteiger partial charge < -0.3 is 10.1 Å². The van der Waals surface area contributed by atoms with Crippen LogP contribution in [0.4, 0.5) is 5.69 Å². The van der Waals surface area contributed by atoms with Crippen LogP contribution in [0.1, 0.15) is 11.1 Å². The van der Waals surface area contributed by atoms with E-state index in [0.717, 1.165) is 15.7 Å². The molecule has 0 saturated carbocycles. The van der Waals surface area contributed by atoms with Gasteiger partial charge in [0.25, 0.3) is 5.56 Å². The van der Waals surface area contributed by atoms with E-state index in [0.29, 0.717) is 27.3 Å². The molecule has 4 aromatic rings. The summed E-state index contributed by atoms with van der Waals surface area (Å²) in [5, 5.41) is 4.61. The maximum Gasteiger partial charge on any atom is 0.336 e. The molecule has 0 aliphatic heterocycles. The molecule has 1 N–H and O–H groups in total. The third kappa shape index (κ3) is 3.66. The number of ether oxygens (including phenoxy) is 1. The van der Waals surface area contributed by atoms with Crippen LogP contribution in [0.25, 0.3) is 15.9 Å². The molecule has 0 unspecified atom stereocenters. The zero-order valence-corrected chi connectivity index (χ0v) is 18.2. The van der Waals surface area contributed by atoms with E-state index in [1.54, 1.807) is 35.7 Å². The topological polar surface area (TPSA) is 82.3 Å². The van der Waals surface area contributed by atoms with Gasteiger partial charge in [0.2, 0.25) is 5.91 Å². The Morgan fingerprint density at radius 1 is 1.06 bits per heavy atom. The van der Waals surface area contributed by atoms with E-state index in [-0.39, 0.29) is 12.5 Å². The molecular formula is C23H21N3O4S. The Kier molecular flexibility index (Phi) is 5.48. The summed E-state index contributed by atoms with van der Waals surface area (Å²) in [6, 6.07) is 14.1. The number of carbonyl (C=O) groups is 1. The zero-order valence-electron chi connectivity index (χ0n) is 17.3. The third-order valence-electron chi connectivity index (χ3n) is 5.26. The molecule has 0 aliphatic rings. The Labute approximate surface area is 182 Å². The minimum atomic E-state index is -0.600. The lowest BCUT2D eigenvalue weighted by Crippen LogP contribution is -2.40. The fourth-order valence-corrected chi connectivity index (χ4v) is 4.31. The van der Waals surface area contributed by atoms with Crippen molar-refractivity contribution in [3.05, 3.63) is 85.9 Å². The van der Waals surface area contributed by atoms with Crippen LogP contribution in [-0.2, 0) is 11.3 Å². The predicted molar refractivity (Wildman–Crippen MR) is 123 cm³/mol. The highest BCUT2D eigenvalue weighted by molar-refractivity contribution is 7.17. The minimum absolute atomic E-state index is 0.227. The molecule has 4 rings (SSSR count). The lowest BCUT2D eigenvalue weighted by molar-refractivity contribution is -0.116. The van der Waals surface area contributed by atoms with Crippen LogP contribution in [0.2, 0.25) is 0 Å². The van der Waals surface area contributed by atoms with E-state index in [1.165, 1.54) is 23.0 Å². The second-order valence-corrected chi connectivity index (χ2v) is 8.03. The van der Waals surface area contributed by atoms with Gasteiger partial charge in [-0.1, -0.05) is 24.3 Å². The highest BCUT2D eigenvalue weighted by Crippen LogP contribution is 2.22.